The predicted octanol–water partition coefficient (Wildman–Crippen LogP) is 0.942. The molecule has 0 aromatic heterocycles. The van der Waals surface area contributed by atoms with E-state index in [0.29, 0.717) is 30.0 Å². The van der Waals surface area contributed by atoms with Gasteiger partial charge in [-0.15, -0.1) is 11.8 Å². The van der Waals surface area contributed by atoms with Crippen molar-refractivity contribution in [1.29, 1.82) is 0 Å². The molecule has 0 bridgehead atoms. The van der Waals surface area contributed by atoms with E-state index in [0.717, 1.165) is 0 Å². The molecule has 4 rings (SSSR count). The van der Waals surface area contributed by atoms with Gasteiger partial charge in [0, 0.05) is 34.9 Å². The molecule has 0 spiro atoms. The van der Waals surface area contributed by atoms with Crippen molar-refractivity contribution in [3.63, 3.8) is 0 Å². The Labute approximate surface area is 194 Å². The zero-order valence-corrected chi connectivity index (χ0v) is 18.7. The van der Waals surface area contributed by atoms with Gasteiger partial charge >= 0.3 is 11.9 Å². The van der Waals surface area contributed by atoms with Crippen LogP contribution < -0.4 is 10.6 Å². The molecule has 2 saturated heterocycles. The minimum atomic E-state index is -1.15. The number of hydrogen-bond donors (Lipinski definition) is 5. The molecular formula is C22H25N3O7S. The fraction of sp³-hybridized carbons (Fsp3) is 0.455. The first-order valence-corrected chi connectivity index (χ1v) is 11.6. The quantitative estimate of drug-likeness (QED) is 0.345. The molecule has 0 saturated carbocycles. The van der Waals surface area contributed by atoms with Crippen LogP contribution in [-0.2, 0) is 14.4 Å². The maximum absolute atomic E-state index is 12.7. The van der Waals surface area contributed by atoms with Crippen LogP contribution in [0, 0.1) is 11.8 Å². The Kier molecular flexibility index (Phi) is 6.46. The number of amides is 2. The van der Waals surface area contributed by atoms with Gasteiger partial charge in [0.25, 0.3) is 0 Å². The maximum Gasteiger partial charge on any atom is 0.353 e. The fourth-order valence-corrected chi connectivity index (χ4v) is 6.31. The Morgan fingerprint density at radius 3 is 2.67 bits per heavy atom. The highest BCUT2D eigenvalue weighted by Crippen LogP contribution is 2.51. The van der Waals surface area contributed by atoms with Gasteiger partial charge in [-0.3, -0.25) is 9.59 Å². The third kappa shape index (κ3) is 4.23. The van der Waals surface area contributed by atoms with Crippen molar-refractivity contribution < 1.29 is 34.5 Å². The van der Waals surface area contributed by atoms with E-state index in [4.69, 9.17) is 5.11 Å². The summed E-state index contributed by atoms with van der Waals surface area (Å²) in [5.74, 6) is -3.34. The number of rotatable bonds is 8. The van der Waals surface area contributed by atoms with Gasteiger partial charge in [0.05, 0.1) is 23.6 Å². The topological polar surface area (TPSA) is 156 Å². The van der Waals surface area contributed by atoms with E-state index in [1.165, 1.54) is 28.8 Å². The van der Waals surface area contributed by atoms with Crippen LogP contribution in [-0.4, -0.2) is 74.5 Å². The summed E-state index contributed by atoms with van der Waals surface area (Å²) < 4.78 is 0. The standard InChI is InChI=1S/C22H25N3O7S/c1-10-16-14(5-6-26)20(28)25(16)17(22(31)32)18(10)33-13-8-15(23-9-13)19(27)24-12-4-2-3-11(7-12)21(29)30/h2-4,7,10,13-16,23,26H,5-6,8-9H2,1H3,(H,24,27)(H,29,30)(H,31,32)/t10-,13+,14+,15+,16-/m1/s1. The van der Waals surface area contributed by atoms with Gasteiger partial charge < -0.3 is 30.9 Å². The number of β-lactam (4-membered cyclic amide) rings is 1. The van der Waals surface area contributed by atoms with Crippen LogP contribution in [0.4, 0.5) is 5.69 Å². The molecule has 176 valence electrons. The average molecular weight is 476 g/mol. The van der Waals surface area contributed by atoms with Gasteiger partial charge in [0.1, 0.15) is 5.70 Å². The monoisotopic (exact) mass is 475 g/mol. The minimum Gasteiger partial charge on any atom is -0.478 e. The number of nitrogens with zero attached hydrogens (tertiary/aromatic N) is 1. The molecule has 1 aromatic carbocycles. The number of carbonyl (C=O) groups is 4. The predicted molar refractivity (Wildman–Crippen MR) is 119 cm³/mol. The van der Waals surface area contributed by atoms with E-state index < -0.39 is 18.0 Å². The minimum absolute atomic E-state index is 0.00933. The molecule has 3 aliphatic heterocycles. The largest absolute Gasteiger partial charge is 0.478 e. The van der Waals surface area contributed by atoms with Gasteiger partial charge in [0.15, 0.2) is 0 Å². The van der Waals surface area contributed by atoms with Crippen molar-refractivity contribution in [2.75, 3.05) is 18.5 Å². The molecule has 11 heteroatoms. The smallest absolute Gasteiger partial charge is 0.353 e. The molecule has 2 fully saturated rings. The molecule has 0 radical (unpaired) electrons. The molecular weight excluding hydrogens is 450 g/mol. The Morgan fingerprint density at radius 2 is 2.00 bits per heavy atom. The second kappa shape index (κ2) is 9.16. The van der Waals surface area contributed by atoms with Crippen molar-refractivity contribution in [1.82, 2.24) is 10.2 Å². The van der Waals surface area contributed by atoms with Gasteiger partial charge in [-0.2, -0.15) is 0 Å². The number of carbonyl (C=O) groups excluding carboxylic acids is 2. The van der Waals surface area contributed by atoms with Crippen molar-refractivity contribution >= 4 is 41.2 Å². The number of carboxylic acids is 2. The second-order valence-corrected chi connectivity index (χ2v) is 9.78. The summed E-state index contributed by atoms with van der Waals surface area (Å²) in [4.78, 5) is 50.2. The van der Waals surface area contributed by atoms with Crippen LogP contribution >= 0.6 is 11.8 Å². The number of aliphatic hydroxyl groups excluding tert-OH is 1. The highest BCUT2D eigenvalue weighted by atomic mass is 32.2. The normalized spacial score (nSPS) is 28.5. The summed E-state index contributed by atoms with van der Waals surface area (Å²) in [6, 6.07) is 5.22. The summed E-state index contributed by atoms with van der Waals surface area (Å²) in [6.45, 7) is 2.26. The number of aliphatic hydroxyl groups is 1. The van der Waals surface area contributed by atoms with Gasteiger partial charge in [-0.1, -0.05) is 13.0 Å². The zero-order valence-electron chi connectivity index (χ0n) is 17.9. The second-order valence-electron chi connectivity index (χ2n) is 8.44. The Balaban J connectivity index is 1.42. The maximum atomic E-state index is 12.7. The van der Waals surface area contributed by atoms with Crippen molar-refractivity contribution in [3.8, 4) is 0 Å². The molecule has 3 aliphatic rings. The lowest BCUT2D eigenvalue weighted by Gasteiger charge is -2.45. The van der Waals surface area contributed by atoms with E-state index in [9.17, 15) is 29.4 Å². The van der Waals surface area contributed by atoms with Crippen molar-refractivity contribution in [2.45, 2.75) is 37.1 Å². The molecule has 1 aromatic rings. The molecule has 0 aliphatic carbocycles. The SMILES string of the molecule is C[C@H]1C(S[C@@H]2CN[C@H](C(=O)Nc3cccc(C(=O)O)c3)C2)=C(C(=O)O)N2C(=O)[C@@H](CCO)[C@@H]12. The van der Waals surface area contributed by atoms with Crippen LogP contribution in [0.15, 0.2) is 34.9 Å². The number of benzene rings is 1. The first-order valence-electron chi connectivity index (χ1n) is 10.7. The van der Waals surface area contributed by atoms with Gasteiger partial charge in [-0.25, -0.2) is 9.59 Å². The van der Waals surface area contributed by atoms with E-state index in [1.807, 2.05) is 6.92 Å². The molecule has 2 amide bonds. The molecule has 3 heterocycles. The molecule has 0 unspecified atom stereocenters. The van der Waals surface area contributed by atoms with Crippen molar-refractivity contribution in [3.05, 3.63) is 40.4 Å². The Hall–Kier alpha value is -2.89. The first-order chi connectivity index (χ1) is 15.7. The lowest BCUT2D eigenvalue weighted by molar-refractivity contribution is -0.157. The fourth-order valence-electron chi connectivity index (χ4n) is 4.83. The first kappa shape index (κ1) is 23.3. The number of aromatic carboxylic acids is 1. The average Bonchev–Trinajstić information content (AvgIpc) is 3.34. The Morgan fingerprint density at radius 1 is 1.24 bits per heavy atom. The van der Waals surface area contributed by atoms with Gasteiger partial charge in [0.2, 0.25) is 11.8 Å². The van der Waals surface area contributed by atoms with Crippen LogP contribution in [0.3, 0.4) is 0 Å². The third-order valence-corrected chi connectivity index (χ3v) is 7.90. The number of thioether (sulfide) groups is 1. The summed E-state index contributed by atoms with van der Waals surface area (Å²) in [5.41, 5.74) is 0.466. The van der Waals surface area contributed by atoms with Crippen molar-refractivity contribution in [2.24, 2.45) is 11.8 Å². The molecule has 10 nitrogen and oxygen atoms in total. The van der Waals surface area contributed by atoms with E-state index in [1.54, 1.807) is 12.1 Å². The summed E-state index contributed by atoms with van der Waals surface area (Å²) in [6.07, 6.45) is 0.766. The summed E-state index contributed by atoms with van der Waals surface area (Å²) in [5, 5.41) is 33.9. The van der Waals surface area contributed by atoms with Crippen LogP contribution in [0.2, 0.25) is 0 Å². The summed E-state index contributed by atoms with van der Waals surface area (Å²) >= 11 is 1.39. The molecule has 33 heavy (non-hydrogen) atoms. The number of fused-ring (bicyclic) bond motifs is 1. The molecule has 5 N–H and O–H groups in total. The summed E-state index contributed by atoms with van der Waals surface area (Å²) in [7, 11) is 0. The number of hydrogen-bond acceptors (Lipinski definition) is 7. The highest BCUT2D eigenvalue weighted by Gasteiger charge is 2.58. The lowest BCUT2D eigenvalue weighted by Crippen LogP contribution is -2.60. The van der Waals surface area contributed by atoms with E-state index in [2.05, 4.69) is 10.6 Å². The van der Waals surface area contributed by atoms with E-state index >= 15 is 0 Å². The van der Waals surface area contributed by atoms with Crippen LogP contribution in [0.5, 0.6) is 0 Å². The highest BCUT2D eigenvalue weighted by molar-refractivity contribution is 8.03. The Bertz CT molecular complexity index is 1040. The lowest BCUT2D eigenvalue weighted by atomic mass is 9.80. The van der Waals surface area contributed by atoms with Crippen LogP contribution in [0.25, 0.3) is 0 Å². The number of carboxylic acid groups (broad SMARTS) is 2. The van der Waals surface area contributed by atoms with E-state index in [-0.39, 0.29) is 52.8 Å². The third-order valence-electron chi connectivity index (χ3n) is 6.39. The number of nitrogens with one attached hydrogen (secondary N) is 2. The van der Waals surface area contributed by atoms with Crippen LogP contribution in [0.1, 0.15) is 30.1 Å². The zero-order chi connectivity index (χ0) is 23.9. The van der Waals surface area contributed by atoms with Gasteiger partial charge in [-0.05, 0) is 31.0 Å². The number of aliphatic carboxylic acids is 1. The number of anilines is 1. The molecule has 5 atom stereocenters.